The molecule has 0 atom stereocenters. The smallest absolute Gasteiger partial charge is 0.157 e. The molecule has 0 fully saturated rings. The van der Waals surface area contributed by atoms with Gasteiger partial charge in [-0.1, -0.05) is 6.07 Å². The molecule has 0 amide bonds. The Morgan fingerprint density at radius 2 is 1.93 bits per heavy atom. The third-order valence-corrected chi connectivity index (χ3v) is 3.21. The van der Waals surface area contributed by atoms with Crippen LogP contribution in [0.3, 0.4) is 0 Å². The summed E-state index contributed by atoms with van der Waals surface area (Å²) in [5.41, 5.74) is 0.995. The number of hydrogen-bond donors (Lipinski definition) is 4. The van der Waals surface area contributed by atoms with Crippen LogP contribution in [0.4, 0.5) is 0 Å². The van der Waals surface area contributed by atoms with E-state index < -0.39 is 9.25 Å². The third-order valence-electron chi connectivity index (χ3n) is 1.91. The van der Waals surface area contributed by atoms with Crippen molar-refractivity contribution in [2.24, 2.45) is 0 Å². The van der Waals surface area contributed by atoms with Crippen LogP contribution in [0.2, 0.25) is 0 Å². The summed E-state index contributed by atoms with van der Waals surface area (Å²) in [6.07, 6.45) is 4.93. The minimum Gasteiger partial charge on any atom is -0.504 e. The summed E-state index contributed by atoms with van der Waals surface area (Å²) in [6, 6.07) is 4.89. The van der Waals surface area contributed by atoms with Crippen molar-refractivity contribution >= 4 is 20.9 Å². The monoisotopic (exact) mass is 247 g/mol. The zero-order valence-electron chi connectivity index (χ0n) is 8.90. The summed E-state index contributed by atoms with van der Waals surface area (Å²) >= 11 is 4.42. The second kappa shape index (κ2) is 5.01. The fourth-order valence-corrected chi connectivity index (χ4v) is 2.05. The van der Waals surface area contributed by atoms with Gasteiger partial charge in [-0.25, -0.2) is 0 Å². The number of phenolic OH excluding ortho intramolecular Hbond substituents is 2. The van der Waals surface area contributed by atoms with Crippen LogP contribution in [0.1, 0.15) is 5.56 Å². The highest BCUT2D eigenvalue weighted by atomic mass is 33.1. The second-order valence-electron chi connectivity index (χ2n) is 3.74. The fraction of sp³-hybridized carbons (Fsp3) is 0.400. The lowest BCUT2D eigenvalue weighted by molar-refractivity contribution is 0.403. The minimum absolute atomic E-state index is 0.0648. The lowest BCUT2D eigenvalue weighted by Gasteiger charge is -2.25. The van der Waals surface area contributed by atoms with Gasteiger partial charge in [0.2, 0.25) is 0 Å². The molecule has 0 saturated carbocycles. The van der Waals surface area contributed by atoms with Crippen molar-refractivity contribution in [1.29, 1.82) is 0 Å². The van der Waals surface area contributed by atoms with Crippen molar-refractivity contribution in [3.05, 3.63) is 23.8 Å². The molecule has 0 aromatic heterocycles. The Labute approximate surface area is 96.8 Å². The maximum absolute atomic E-state index is 9.28. The first-order chi connectivity index (χ1) is 6.88. The molecule has 0 aliphatic rings. The molecule has 3 nitrogen and oxygen atoms in total. The van der Waals surface area contributed by atoms with Gasteiger partial charge in [-0.05, 0) is 36.6 Å². The molecule has 0 heterocycles. The number of phenols is 2. The van der Waals surface area contributed by atoms with Gasteiger partial charge in [-0.15, -0.1) is 20.9 Å². The molecule has 5 heteroatoms. The van der Waals surface area contributed by atoms with Crippen LogP contribution in [0.25, 0.3) is 0 Å². The molecule has 1 aromatic carbocycles. The number of aromatic hydroxyl groups is 2. The molecular formula is C10H17NO2S2. The number of nitrogens with one attached hydrogen (secondary N) is 1. The van der Waals surface area contributed by atoms with Crippen LogP contribution in [0.15, 0.2) is 18.2 Å². The van der Waals surface area contributed by atoms with Crippen LogP contribution in [0.5, 0.6) is 11.5 Å². The van der Waals surface area contributed by atoms with Crippen LogP contribution < -0.4 is 4.72 Å². The van der Waals surface area contributed by atoms with Gasteiger partial charge in [-0.2, -0.15) is 0 Å². The Balaban J connectivity index is 2.48. The van der Waals surface area contributed by atoms with E-state index in [2.05, 4.69) is 28.9 Å². The lowest BCUT2D eigenvalue weighted by atomic mass is 10.1. The molecule has 86 valence electrons. The first-order valence-corrected chi connectivity index (χ1v) is 8.10. The molecule has 0 aliphatic heterocycles. The number of hydrogen-bond acceptors (Lipinski definition) is 4. The van der Waals surface area contributed by atoms with E-state index in [0.717, 1.165) is 18.5 Å². The standard InChI is InChI=1S/C10H17NO2S2/c1-15(2,14)11-6-5-8-3-4-9(12)10(13)7-8/h3-4,7,11-14H,5-6H2,1-2H3. The average Bonchev–Trinajstić information content (AvgIpc) is 2.09. The Morgan fingerprint density at radius 3 is 2.47 bits per heavy atom. The fourth-order valence-electron chi connectivity index (χ4n) is 1.17. The van der Waals surface area contributed by atoms with Crippen LogP contribution in [-0.4, -0.2) is 29.3 Å². The summed E-state index contributed by atoms with van der Waals surface area (Å²) in [5.74, 6) is -0.142. The van der Waals surface area contributed by atoms with Crippen molar-refractivity contribution < 1.29 is 10.2 Å². The first-order valence-electron chi connectivity index (χ1n) is 4.60. The SMILES string of the molecule is CS(C)(S)NCCc1ccc(O)c(O)c1. The summed E-state index contributed by atoms with van der Waals surface area (Å²) in [5, 5.41) is 18.4. The molecule has 15 heavy (non-hydrogen) atoms. The molecular weight excluding hydrogens is 230 g/mol. The first kappa shape index (κ1) is 12.5. The molecule has 0 spiro atoms. The van der Waals surface area contributed by atoms with Gasteiger partial charge < -0.3 is 10.2 Å². The average molecular weight is 247 g/mol. The van der Waals surface area contributed by atoms with E-state index in [1.807, 2.05) is 0 Å². The predicted octanol–water partition coefficient (Wildman–Crippen LogP) is 2.05. The zero-order valence-corrected chi connectivity index (χ0v) is 10.6. The molecule has 0 bridgehead atoms. The van der Waals surface area contributed by atoms with E-state index >= 15 is 0 Å². The Bertz CT molecular complexity index is 337. The highest BCUT2D eigenvalue weighted by Gasteiger charge is 2.04. The summed E-state index contributed by atoms with van der Waals surface area (Å²) in [6.45, 7) is 0.816. The lowest BCUT2D eigenvalue weighted by Crippen LogP contribution is -2.17. The maximum atomic E-state index is 9.28. The van der Waals surface area contributed by atoms with E-state index in [1.54, 1.807) is 12.1 Å². The maximum Gasteiger partial charge on any atom is 0.157 e. The zero-order chi connectivity index (χ0) is 11.5. The van der Waals surface area contributed by atoms with Crippen LogP contribution in [-0.2, 0) is 6.42 Å². The quantitative estimate of drug-likeness (QED) is 0.374. The largest absolute Gasteiger partial charge is 0.504 e. The summed E-state index contributed by atoms with van der Waals surface area (Å²) in [4.78, 5) is 0. The number of thiol groups is 1. The van der Waals surface area contributed by atoms with E-state index in [-0.39, 0.29) is 11.5 Å². The second-order valence-corrected chi connectivity index (χ2v) is 9.31. The topological polar surface area (TPSA) is 52.5 Å². The molecule has 0 radical (unpaired) electrons. The molecule has 0 saturated heterocycles. The van der Waals surface area contributed by atoms with Gasteiger partial charge in [0.05, 0.1) is 0 Å². The Hall–Kier alpha value is -0.520. The Kier molecular flexibility index (Phi) is 4.19. The molecule has 1 rings (SSSR count). The van der Waals surface area contributed by atoms with E-state index in [9.17, 15) is 5.11 Å². The molecule has 0 unspecified atom stereocenters. The van der Waals surface area contributed by atoms with Gasteiger partial charge in [0.15, 0.2) is 11.5 Å². The number of benzene rings is 1. The predicted molar refractivity (Wildman–Crippen MR) is 69.9 cm³/mol. The van der Waals surface area contributed by atoms with Crippen molar-refractivity contribution in [3.63, 3.8) is 0 Å². The highest BCUT2D eigenvalue weighted by molar-refractivity contribution is 8.86. The van der Waals surface area contributed by atoms with E-state index in [4.69, 9.17) is 5.11 Å². The van der Waals surface area contributed by atoms with Gasteiger partial charge in [0.25, 0.3) is 0 Å². The van der Waals surface area contributed by atoms with Crippen LogP contribution >= 0.6 is 20.9 Å². The van der Waals surface area contributed by atoms with Crippen molar-refractivity contribution in [3.8, 4) is 11.5 Å². The molecule has 1 aromatic rings. The van der Waals surface area contributed by atoms with E-state index in [1.165, 1.54) is 6.07 Å². The minimum atomic E-state index is -0.980. The molecule has 0 aliphatic carbocycles. The third kappa shape index (κ3) is 4.68. The van der Waals surface area contributed by atoms with Gasteiger partial charge in [-0.3, -0.25) is 4.72 Å². The summed E-state index contributed by atoms with van der Waals surface area (Å²) in [7, 11) is -0.980. The molecule has 3 N–H and O–H groups in total. The van der Waals surface area contributed by atoms with Gasteiger partial charge in [0, 0.05) is 6.54 Å². The number of rotatable bonds is 4. The highest BCUT2D eigenvalue weighted by Crippen LogP contribution is 2.39. The van der Waals surface area contributed by atoms with E-state index in [0.29, 0.717) is 0 Å². The Morgan fingerprint density at radius 1 is 1.27 bits per heavy atom. The van der Waals surface area contributed by atoms with Crippen molar-refractivity contribution in [2.45, 2.75) is 6.42 Å². The van der Waals surface area contributed by atoms with Crippen molar-refractivity contribution in [2.75, 3.05) is 19.1 Å². The van der Waals surface area contributed by atoms with Crippen molar-refractivity contribution in [1.82, 2.24) is 4.72 Å². The van der Waals surface area contributed by atoms with Gasteiger partial charge >= 0.3 is 0 Å². The summed E-state index contributed by atoms with van der Waals surface area (Å²) < 4.78 is 3.31. The van der Waals surface area contributed by atoms with Crippen LogP contribution in [0, 0.1) is 0 Å². The van der Waals surface area contributed by atoms with Gasteiger partial charge in [0.1, 0.15) is 0 Å². The normalized spacial score (nSPS) is 12.7.